The SMILES string of the molecule is CC(C)(C)OC(=O)N[C@@H](Cc1ccc(I)c(Cl)c1)c1ncc(-c2ccccc2)[nH]1. The minimum atomic E-state index is -0.584. The highest BCUT2D eigenvalue weighted by atomic mass is 127. The van der Waals surface area contributed by atoms with Gasteiger partial charge in [0.05, 0.1) is 23.0 Å². The zero-order valence-corrected chi connectivity index (χ0v) is 19.4. The molecule has 1 amide bonds. The number of hydrogen-bond donors (Lipinski definition) is 2. The normalized spacial score (nSPS) is 12.4. The van der Waals surface area contributed by atoms with Crippen LogP contribution in [0.5, 0.6) is 0 Å². The molecule has 0 aliphatic heterocycles. The van der Waals surface area contributed by atoms with Crippen LogP contribution in [0, 0.1) is 3.57 Å². The first kappa shape index (κ1) is 21.6. The van der Waals surface area contributed by atoms with Gasteiger partial charge in [-0.2, -0.15) is 0 Å². The second-order valence-electron chi connectivity index (χ2n) is 7.70. The van der Waals surface area contributed by atoms with E-state index < -0.39 is 17.7 Å². The van der Waals surface area contributed by atoms with E-state index in [1.165, 1.54) is 0 Å². The number of H-pyrrole nitrogens is 1. The van der Waals surface area contributed by atoms with Crippen molar-refractivity contribution in [3.8, 4) is 11.3 Å². The zero-order valence-electron chi connectivity index (χ0n) is 16.5. The van der Waals surface area contributed by atoms with Crippen molar-refractivity contribution < 1.29 is 9.53 Å². The van der Waals surface area contributed by atoms with Crippen LogP contribution in [0.4, 0.5) is 4.79 Å². The maximum absolute atomic E-state index is 12.4. The molecule has 2 N–H and O–H groups in total. The van der Waals surface area contributed by atoms with Crippen molar-refractivity contribution in [1.29, 1.82) is 0 Å². The standard InChI is InChI=1S/C22H23ClIN3O2/c1-22(2,3)29-21(28)27-18(12-14-9-10-17(24)16(23)11-14)20-25-13-19(26-20)15-7-5-4-6-8-15/h4-11,13,18H,12H2,1-3H3,(H,25,26)(H,27,28)/t18-/m0/s1. The first-order valence-corrected chi connectivity index (χ1v) is 10.7. The monoisotopic (exact) mass is 523 g/mol. The third-order valence-electron chi connectivity index (χ3n) is 4.13. The summed E-state index contributed by atoms with van der Waals surface area (Å²) in [6.07, 6.45) is 1.81. The minimum Gasteiger partial charge on any atom is -0.444 e. The van der Waals surface area contributed by atoms with E-state index in [4.69, 9.17) is 16.3 Å². The fraction of sp³-hybridized carbons (Fsp3) is 0.273. The van der Waals surface area contributed by atoms with Gasteiger partial charge in [-0.3, -0.25) is 0 Å². The molecule has 0 aliphatic rings. The molecule has 0 saturated heterocycles. The van der Waals surface area contributed by atoms with E-state index in [9.17, 15) is 4.79 Å². The van der Waals surface area contributed by atoms with Gasteiger partial charge in [-0.1, -0.05) is 48.0 Å². The van der Waals surface area contributed by atoms with Crippen LogP contribution in [0.25, 0.3) is 11.3 Å². The molecule has 0 saturated carbocycles. The van der Waals surface area contributed by atoms with Crippen molar-refractivity contribution in [2.45, 2.75) is 38.8 Å². The van der Waals surface area contributed by atoms with E-state index in [2.05, 4.69) is 37.9 Å². The average Bonchev–Trinajstić information content (AvgIpc) is 3.13. The maximum atomic E-state index is 12.4. The Morgan fingerprint density at radius 2 is 1.97 bits per heavy atom. The van der Waals surface area contributed by atoms with E-state index in [1.807, 2.05) is 69.3 Å². The Hall–Kier alpha value is -2.06. The van der Waals surface area contributed by atoms with Gasteiger partial charge in [0.25, 0.3) is 0 Å². The van der Waals surface area contributed by atoms with Gasteiger partial charge in [-0.15, -0.1) is 0 Å². The Bertz CT molecular complexity index is 983. The van der Waals surface area contributed by atoms with Crippen molar-refractivity contribution in [2.75, 3.05) is 0 Å². The Morgan fingerprint density at radius 3 is 2.62 bits per heavy atom. The number of ether oxygens (including phenoxy) is 1. The minimum absolute atomic E-state index is 0.390. The van der Waals surface area contributed by atoms with Gasteiger partial charge in [0, 0.05) is 9.99 Å². The predicted octanol–water partition coefficient (Wildman–Crippen LogP) is 6.14. The fourth-order valence-electron chi connectivity index (χ4n) is 2.85. The average molecular weight is 524 g/mol. The largest absolute Gasteiger partial charge is 0.444 e. The highest BCUT2D eigenvalue weighted by molar-refractivity contribution is 14.1. The molecule has 0 spiro atoms. The third-order valence-corrected chi connectivity index (χ3v) is 5.70. The zero-order chi connectivity index (χ0) is 21.0. The Kier molecular flexibility index (Phi) is 6.85. The summed E-state index contributed by atoms with van der Waals surface area (Å²) in [6.45, 7) is 5.50. The number of alkyl carbamates (subject to hydrolysis) is 1. The van der Waals surface area contributed by atoms with Crippen molar-refractivity contribution in [3.05, 3.63) is 74.7 Å². The number of benzene rings is 2. The van der Waals surface area contributed by atoms with Crippen LogP contribution in [0.15, 0.2) is 54.7 Å². The number of aromatic nitrogens is 2. The Morgan fingerprint density at radius 1 is 1.24 bits per heavy atom. The second-order valence-corrected chi connectivity index (χ2v) is 9.27. The molecule has 5 nitrogen and oxygen atoms in total. The molecule has 1 atom stereocenters. The summed E-state index contributed by atoms with van der Waals surface area (Å²) >= 11 is 8.47. The lowest BCUT2D eigenvalue weighted by Gasteiger charge is -2.23. The van der Waals surface area contributed by atoms with E-state index in [1.54, 1.807) is 6.20 Å². The highest BCUT2D eigenvalue weighted by Gasteiger charge is 2.23. The van der Waals surface area contributed by atoms with Gasteiger partial charge in [-0.05, 0) is 66.6 Å². The van der Waals surface area contributed by atoms with Gasteiger partial charge in [0.2, 0.25) is 0 Å². The first-order chi connectivity index (χ1) is 13.7. The number of nitrogens with one attached hydrogen (secondary N) is 2. The molecule has 29 heavy (non-hydrogen) atoms. The maximum Gasteiger partial charge on any atom is 0.408 e. The lowest BCUT2D eigenvalue weighted by atomic mass is 10.1. The number of rotatable bonds is 5. The van der Waals surface area contributed by atoms with Crippen molar-refractivity contribution in [2.24, 2.45) is 0 Å². The van der Waals surface area contributed by atoms with Gasteiger partial charge >= 0.3 is 6.09 Å². The van der Waals surface area contributed by atoms with Crippen LogP contribution in [-0.4, -0.2) is 21.7 Å². The fourth-order valence-corrected chi connectivity index (χ4v) is 3.38. The van der Waals surface area contributed by atoms with Crippen LogP contribution < -0.4 is 5.32 Å². The summed E-state index contributed by atoms with van der Waals surface area (Å²) in [5, 5.41) is 3.62. The lowest BCUT2D eigenvalue weighted by molar-refractivity contribution is 0.0501. The van der Waals surface area contributed by atoms with Crippen molar-refractivity contribution in [1.82, 2.24) is 15.3 Å². The molecular formula is C22H23ClIN3O2. The highest BCUT2D eigenvalue weighted by Crippen LogP contribution is 2.25. The van der Waals surface area contributed by atoms with Gasteiger partial charge in [0.15, 0.2) is 0 Å². The van der Waals surface area contributed by atoms with E-state index in [-0.39, 0.29) is 0 Å². The van der Waals surface area contributed by atoms with Crippen LogP contribution in [0.3, 0.4) is 0 Å². The number of halogens is 2. The Labute approximate surface area is 189 Å². The van der Waals surface area contributed by atoms with E-state index in [0.717, 1.165) is 20.4 Å². The van der Waals surface area contributed by atoms with Crippen molar-refractivity contribution >= 4 is 40.3 Å². The summed E-state index contributed by atoms with van der Waals surface area (Å²) < 4.78 is 6.42. The number of imidazole rings is 1. The number of nitrogens with zero attached hydrogens (tertiary/aromatic N) is 1. The van der Waals surface area contributed by atoms with Gasteiger partial charge in [-0.25, -0.2) is 9.78 Å². The van der Waals surface area contributed by atoms with E-state index >= 15 is 0 Å². The molecule has 0 fully saturated rings. The topological polar surface area (TPSA) is 67.0 Å². The number of amides is 1. The molecule has 0 aliphatic carbocycles. The summed E-state index contributed by atoms with van der Waals surface area (Å²) in [5.74, 6) is 0.657. The van der Waals surface area contributed by atoms with Gasteiger partial charge in [0.1, 0.15) is 11.4 Å². The first-order valence-electron chi connectivity index (χ1n) is 9.25. The molecule has 0 radical (unpaired) electrons. The number of carbonyl (C=O) groups excluding carboxylic acids is 1. The quantitative estimate of drug-likeness (QED) is 0.395. The molecule has 7 heteroatoms. The molecule has 0 bridgehead atoms. The summed E-state index contributed by atoms with van der Waals surface area (Å²) in [4.78, 5) is 20.3. The molecule has 152 valence electrons. The second kappa shape index (κ2) is 9.17. The smallest absolute Gasteiger partial charge is 0.408 e. The van der Waals surface area contributed by atoms with Gasteiger partial charge < -0.3 is 15.0 Å². The van der Waals surface area contributed by atoms with Crippen LogP contribution in [0.1, 0.15) is 38.2 Å². The number of hydrogen-bond acceptors (Lipinski definition) is 3. The van der Waals surface area contributed by atoms with Crippen LogP contribution in [-0.2, 0) is 11.2 Å². The molecular weight excluding hydrogens is 501 g/mol. The summed E-state index contributed by atoms with van der Waals surface area (Å²) in [6, 6.07) is 15.4. The number of carbonyl (C=O) groups is 1. The molecule has 1 aromatic heterocycles. The molecule has 2 aromatic carbocycles. The van der Waals surface area contributed by atoms with Crippen molar-refractivity contribution in [3.63, 3.8) is 0 Å². The third kappa shape index (κ3) is 6.21. The molecule has 3 rings (SSSR count). The van der Waals surface area contributed by atoms with E-state index in [0.29, 0.717) is 17.3 Å². The Balaban J connectivity index is 1.86. The summed E-state index contributed by atoms with van der Waals surface area (Å²) in [5.41, 5.74) is 2.32. The molecule has 1 heterocycles. The van der Waals surface area contributed by atoms with Crippen LogP contribution >= 0.6 is 34.2 Å². The number of aromatic amines is 1. The predicted molar refractivity (Wildman–Crippen MR) is 124 cm³/mol. The lowest BCUT2D eigenvalue weighted by Crippen LogP contribution is -2.36. The molecule has 0 unspecified atom stereocenters. The molecule has 3 aromatic rings. The van der Waals surface area contributed by atoms with Crippen LogP contribution in [0.2, 0.25) is 5.02 Å². The summed E-state index contributed by atoms with van der Waals surface area (Å²) in [7, 11) is 0.